The van der Waals surface area contributed by atoms with E-state index in [2.05, 4.69) is 4.72 Å². The van der Waals surface area contributed by atoms with Crippen molar-refractivity contribution in [1.82, 2.24) is 4.72 Å². The topological polar surface area (TPSA) is 66.4 Å². The lowest BCUT2D eigenvalue weighted by Crippen LogP contribution is -2.42. The van der Waals surface area contributed by atoms with Crippen LogP contribution in [0.3, 0.4) is 0 Å². The summed E-state index contributed by atoms with van der Waals surface area (Å²) in [6.45, 7) is 7.41. The molecule has 0 unspecified atom stereocenters. The van der Waals surface area contributed by atoms with Gasteiger partial charge < -0.3 is 5.11 Å². The van der Waals surface area contributed by atoms with Crippen molar-refractivity contribution in [2.45, 2.75) is 51.0 Å². The summed E-state index contributed by atoms with van der Waals surface area (Å²) < 4.78 is 26.8. The summed E-state index contributed by atoms with van der Waals surface area (Å²) in [6, 6.07) is 1.67. The van der Waals surface area contributed by atoms with E-state index in [4.69, 9.17) is 0 Å². The number of aryl methyl sites for hydroxylation is 2. The van der Waals surface area contributed by atoms with Crippen molar-refractivity contribution in [3.8, 4) is 0 Å². The van der Waals surface area contributed by atoms with Crippen LogP contribution >= 0.6 is 11.3 Å². The second-order valence-electron chi connectivity index (χ2n) is 4.53. The molecule has 1 heterocycles. The van der Waals surface area contributed by atoms with E-state index in [1.165, 1.54) is 11.3 Å². The molecule has 18 heavy (non-hydrogen) atoms. The molecule has 6 heteroatoms. The van der Waals surface area contributed by atoms with Gasteiger partial charge in [-0.05, 0) is 32.8 Å². The molecule has 0 atom stereocenters. The highest BCUT2D eigenvalue weighted by molar-refractivity contribution is 7.89. The summed E-state index contributed by atoms with van der Waals surface area (Å²) in [5.74, 6) is 0. The van der Waals surface area contributed by atoms with Gasteiger partial charge >= 0.3 is 0 Å². The molecule has 0 saturated heterocycles. The van der Waals surface area contributed by atoms with Crippen LogP contribution in [0, 0.1) is 13.8 Å². The molecular formula is C12H21NO3S2. The lowest BCUT2D eigenvalue weighted by atomic mass is 9.98. The van der Waals surface area contributed by atoms with Crippen LogP contribution < -0.4 is 4.72 Å². The first kappa shape index (κ1) is 15.6. The first-order valence-electron chi connectivity index (χ1n) is 6.03. The first-order chi connectivity index (χ1) is 8.24. The van der Waals surface area contributed by atoms with Crippen molar-refractivity contribution >= 4 is 21.4 Å². The number of rotatable bonds is 6. The lowest BCUT2D eigenvalue weighted by Gasteiger charge is -2.25. The van der Waals surface area contributed by atoms with Crippen LogP contribution in [0.15, 0.2) is 11.0 Å². The predicted molar refractivity (Wildman–Crippen MR) is 74.5 cm³/mol. The third-order valence-electron chi connectivity index (χ3n) is 3.19. The van der Waals surface area contributed by atoms with Crippen LogP contribution in [-0.4, -0.2) is 25.7 Å². The Labute approximate surface area is 113 Å². The molecule has 0 spiro atoms. The zero-order valence-electron chi connectivity index (χ0n) is 11.3. The largest absolute Gasteiger partial charge is 0.389 e. The van der Waals surface area contributed by atoms with Crippen molar-refractivity contribution in [1.29, 1.82) is 0 Å². The van der Waals surface area contributed by atoms with Gasteiger partial charge in [-0.2, -0.15) is 0 Å². The van der Waals surface area contributed by atoms with Crippen molar-refractivity contribution in [3.63, 3.8) is 0 Å². The van der Waals surface area contributed by atoms with E-state index < -0.39 is 15.6 Å². The second kappa shape index (κ2) is 5.69. The van der Waals surface area contributed by atoms with Crippen molar-refractivity contribution in [2.24, 2.45) is 0 Å². The van der Waals surface area contributed by atoms with Gasteiger partial charge in [0.1, 0.15) is 0 Å². The maximum atomic E-state index is 12.1. The Morgan fingerprint density at radius 1 is 1.33 bits per heavy atom. The van der Waals surface area contributed by atoms with Crippen LogP contribution in [0.1, 0.15) is 36.4 Å². The fraction of sp³-hybridized carbons (Fsp3) is 0.667. The Morgan fingerprint density at radius 3 is 2.28 bits per heavy atom. The Kier molecular flexibility index (Phi) is 4.94. The van der Waals surface area contributed by atoms with Gasteiger partial charge in [-0.25, -0.2) is 13.1 Å². The minimum Gasteiger partial charge on any atom is -0.389 e. The molecule has 0 fully saturated rings. The molecule has 104 valence electrons. The Morgan fingerprint density at radius 2 is 1.89 bits per heavy atom. The molecule has 0 aliphatic carbocycles. The van der Waals surface area contributed by atoms with Crippen molar-refractivity contribution in [3.05, 3.63) is 15.8 Å². The van der Waals surface area contributed by atoms with Crippen molar-refractivity contribution in [2.75, 3.05) is 6.54 Å². The summed E-state index contributed by atoms with van der Waals surface area (Å²) in [4.78, 5) is 2.06. The molecule has 0 radical (unpaired) electrons. The smallest absolute Gasteiger partial charge is 0.241 e. The summed E-state index contributed by atoms with van der Waals surface area (Å²) in [5.41, 5.74) is -0.966. The normalized spacial score (nSPS) is 12.9. The minimum atomic E-state index is -3.52. The Balaban J connectivity index is 2.87. The molecule has 0 aromatic carbocycles. The average molecular weight is 291 g/mol. The molecule has 0 saturated carbocycles. The Hall–Kier alpha value is -0.430. The number of hydrogen-bond acceptors (Lipinski definition) is 4. The number of hydrogen-bond donors (Lipinski definition) is 2. The van der Waals surface area contributed by atoms with E-state index in [1.54, 1.807) is 13.0 Å². The molecule has 0 bridgehead atoms. The van der Waals surface area contributed by atoms with E-state index in [1.807, 2.05) is 20.8 Å². The monoisotopic (exact) mass is 291 g/mol. The average Bonchev–Trinajstić information content (AvgIpc) is 2.66. The molecule has 1 aromatic rings. The van der Waals surface area contributed by atoms with Gasteiger partial charge in [0.15, 0.2) is 0 Å². The highest BCUT2D eigenvalue weighted by Gasteiger charge is 2.26. The molecule has 0 amide bonds. The standard InChI is InChI=1S/C12H21NO3S2/c1-5-12(14,6-2)8-13-18(15,16)11-7-9(3)17-10(11)4/h7,13-14H,5-6,8H2,1-4H3. The van der Waals surface area contributed by atoms with Crippen LogP contribution in [-0.2, 0) is 10.0 Å². The second-order valence-corrected chi connectivity index (χ2v) is 7.73. The molecule has 1 aromatic heterocycles. The molecule has 0 aliphatic heterocycles. The van der Waals surface area contributed by atoms with Gasteiger partial charge in [0.05, 0.1) is 10.5 Å². The van der Waals surface area contributed by atoms with Crippen LogP contribution in [0.2, 0.25) is 0 Å². The van der Waals surface area contributed by atoms with E-state index >= 15 is 0 Å². The van der Waals surface area contributed by atoms with E-state index in [0.717, 1.165) is 9.75 Å². The lowest BCUT2D eigenvalue weighted by molar-refractivity contribution is 0.0377. The number of thiophene rings is 1. The van der Waals surface area contributed by atoms with Gasteiger partial charge in [0, 0.05) is 16.3 Å². The van der Waals surface area contributed by atoms with Gasteiger partial charge in [0.2, 0.25) is 10.0 Å². The van der Waals surface area contributed by atoms with E-state index in [9.17, 15) is 13.5 Å². The zero-order valence-corrected chi connectivity index (χ0v) is 12.9. The van der Waals surface area contributed by atoms with Crippen molar-refractivity contribution < 1.29 is 13.5 Å². The van der Waals surface area contributed by atoms with E-state index in [-0.39, 0.29) is 6.54 Å². The Bertz CT molecular complexity index is 501. The minimum absolute atomic E-state index is 0.0522. The van der Waals surface area contributed by atoms with Crippen LogP contribution in [0.4, 0.5) is 0 Å². The maximum Gasteiger partial charge on any atom is 0.241 e. The fourth-order valence-electron chi connectivity index (χ4n) is 1.68. The molecule has 4 nitrogen and oxygen atoms in total. The van der Waals surface area contributed by atoms with Gasteiger partial charge in [-0.3, -0.25) is 0 Å². The van der Waals surface area contributed by atoms with E-state index in [0.29, 0.717) is 17.7 Å². The number of aliphatic hydroxyl groups is 1. The van der Waals surface area contributed by atoms with Gasteiger partial charge in [-0.1, -0.05) is 13.8 Å². The van der Waals surface area contributed by atoms with Crippen LogP contribution in [0.25, 0.3) is 0 Å². The quantitative estimate of drug-likeness (QED) is 0.844. The number of sulfonamides is 1. The first-order valence-corrected chi connectivity index (χ1v) is 8.33. The van der Waals surface area contributed by atoms with Gasteiger partial charge in [-0.15, -0.1) is 11.3 Å². The summed E-state index contributed by atoms with van der Waals surface area (Å²) in [6.07, 6.45) is 1.04. The SMILES string of the molecule is CCC(O)(CC)CNS(=O)(=O)c1cc(C)sc1C. The fourth-order valence-corrected chi connectivity index (χ4v) is 4.35. The summed E-state index contributed by atoms with van der Waals surface area (Å²) in [5, 5.41) is 10.1. The highest BCUT2D eigenvalue weighted by atomic mass is 32.2. The molecule has 0 aliphatic rings. The molecule has 1 rings (SSSR count). The third-order valence-corrected chi connectivity index (χ3v) is 5.81. The van der Waals surface area contributed by atoms with Gasteiger partial charge in [0.25, 0.3) is 0 Å². The summed E-state index contributed by atoms with van der Waals surface area (Å²) >= 11 is 1.46. The third kappa shape index (κ3) is 3.54. The highest BCUT2D eigenvalue weighted by Crippen LogP contribution is 2.25. The maximum absolute atomic E-state index is 12.1. The summed E-state index contributed by atoms with van der Waals surface area (Å²) in [7, 11) is -3.52. The van der Waals surface area contributed by atoms with Crippen LogP contribution in [0.5, 0.6) is 0 Å². The molecule has 2 N–H and O–H groups in total. The zero-order chi connectivity index (χ0) is 14.0. The predicted octanol–water partition coefficient (Wildman–Crippen LogP) is 2.19. The number of nitrogens with one attached hydrogen (secondary N) is 1. The molecular weight excluding hydrogens is 270 g/mol.